The topological polar surface area (TPSA) is 24.1 Å². The summed E-state index contributed by atoms with van der Waals surface area (Å²) in [6, 6.07) is 17.2. The average Bonchev–Trinajstić information content (AvgIpc) is 2.46. The smallest absolute Gasteiger partial charge is 0.0340 e. The fourth-order valence-corrected chi connectivity index (χ4v) is 2.01. The van der Waals surface area contributed by atoms with Crippen LogP contribution in [0, 0.1) is 0 Å². The Labute approximate surface area is 109 Å². The summed E-state index contributed by atoms with van der Waals surface area (Å²) < 4.78 is 0. The predicted molar refractivity (Wildman–Crippen MR) is 79.4 cm³/mol. The first-order chi connectivity index (χ1) is 8.81. The molecule has 0 saturated heterocycles. The van der Waals surface area contributed by atoms with E-state index in [4.69, 9.17) is 0 Å². The minimum absolute atomic E-state index is 1.08. The zero-order valence-electron chi connectivity index (χ0n) is 11.0. The van der Waals surface area contributed by atoms with Crippen LogP contribution in [0.5, 0.6) is 0 Å². The molecule has 0 saturated carbocycles. The zero-order chi connectivity index (χ0) is 12.8. The van der Waals surface area contributed by atoms with Crippen LogP contribution in [-0.4, -0.2) is 14.1 Å². The first kappa shape index (κ1) is 12.5. The predicted octanol–water partition coefficient (Wildman–Crippen LogP) is 3.56. The highest BCUT2D eigenvalue weighted by Crippen LogP contribution is 2.14. The highest BCUT2D eigenvalue weighted by molar-refractivity contribution is 5.46. The van der Waals surface area contributed by atoms with Gasteiger partial charge in [-0.15, -0.1) is 0 Å². The first-order valence-electron chi connectivity index (χ1n) is 6.35. The van der Waals surface area contributed by atoms with E-state index in [1.807, 2.05) is 14.1 Å². The van der Waals surface area contributed by atoms with Gasteiger partial charge in [0.15, 0.2) is 0 Å². The summed E-state index contributed by atoms with van der Waals surface area (Å²) >= 11 is 0. The molecular formula is C16H20N2. The molecule has 0 unspecified atom stereocenters. The maximum Gasteiger partial charge on any atom is 0.0340 e. The fraction of sp³-hybridized carbons (Fsp3) is 0.250. The molecule has 0 radical (unpaired) electrons. The number of hydrogen-bond donors (Lipinski definition) is 2. The van der Waals surface area contributed by atoms with Gasteiger partial charge in [-0.2, -0.15) is 0 Å². The van der Waals surface area contributed by atoms with Gasteiger partial charge >= 0.3 is 0 Å². The van der Waals surface area contributed by atoms with Crippen LogP contribution in [0.4, 0.5) is 11.4 Å². The van der Waals surface area contributed by atoms with E-state index in [-0.39, 0.29) is 0 Å². The molecule has 0 fully saturated rings. The maximum atomic E-state index is 3.17. The van der Waals surface area contributed by atoms with E-state index < -0.39 is 0 Å². The van der Waals surface area contributed by atoms with E-state index >= 15 is 0 Å². The summed E-state index contributed by atoms with van der Waals surface area (Å²) in [5, 5.41) is 6.31. The second kappa shape index (κ2) is 6.10. The third-order valence-electron chi connectivity index (χ3n) is 3.16. The van der Waals surface area contributed by atoms with Crippen LogP contribution in [0.15, 0.2) is 48.5 Å². The molecule has 0 aliphatic carbocycles. The Balaban J connectivity index is 1.97. The van der Waals surface area contributed by atoms with E-state index in [0.29, 0.717) is 0 Å². The normalized spacial score (nSPS) is 10.1. The van der Waals surface area contributed by atoms with Gasteiger partial charge in [0.05, 0.1) is 0 Å². The summed E-state index contributed by atoms with van der Waals surface area (Å²) in [6.07, 6.45) is 2.16. The number of nitrogens with one attached hydrogen (secondary N) is 2. The zero-order valence-corrected chi connectivity index (χ0v) is 11.0. The van der Waals surface area contributed by atoms with Crippen molar-refractivity contribution in [2.45, 2.75) is 12.8 Å². The van der Waals surface area contributed by atoms with E-state index in [9.17, 15) is 0 Å². The van der Waals surface area contributed by atoms with Crippen molar-refractivity contribution in [3.8, 4) is 0 Å². The molecular weight excluding hydrogens is 220 g/mol. The Bertz CT molecular complexity index is 489. The molecule has 18 heavy (non-hydrogen) atoms. The van der Waals surface area contributed by atoms with Crippen molar-refractivity contribution in [3.63, 3.8) is 0 Å². The monoisotopic (exact) mass is 240 g/mol. The van der Waals surface area contributed by atoms with Crippen molar-refractivity contribution in [3.05, 3.63) is 59.7 Å². The molecule has 94 valence electrons. The third-order valence-corrected chi connectivity index (χ3v) is 3.16. The number of rotatable bonds is 5. The average molecular weight is 240 g/mol. The molecule has 0 atom stereocenters. The largest absolute Gasteiger partial charge is 0.388 e. The van der Waals surface area contributed by atoms with Crippen LogP contribution in [0.2, 0.25) is 0 Å². The molecule has 0 aliphatic rings. The number of aryl methyl sites for hydroxylation is 2. The van der Waals surface area contributed by atoms with Gasteiger partial charge in [0, 0.05) is 25.5 Å². The fourth-order valence-electron chi connectivity index (χ4n) is 2.01. The van der Waals surface area contributed by atoms with Gasteiger partial charge in [-0.3, -0.25) is 0 Å². The van der Waals surface area contributed by atoms with Crippen LogP contribution in [-0.2, 0) is 12.8 Å². The highest BCUT2D eigenvalue weighted by Gasteiger charge is 1.97. The Morgan fingerprint density at radius 3 is 2.06 bits per heavy atom. The molecule has 2 nitrogen and oxygen atoms in total. The summed E-state index contributed by atoms with van der Waals surface area (Å²) in [5.74, 6) is 0. The molecule has 2 rings (SSSR count). The second-order valence-electron chi connectivity index (χ2n) is 4.40. The number of benzene rings is 2. The summed E-state index contributed by atoms with van der Waals surface area (Å²) in [6.45, 7) is 0. The van der Waals surface area contributed by atoms with Gasteiger partial charge in [-0.1, -0.05) is 24.3 Å². The SMILES string of the molecule is CNc1ccc(CCc2cccc(NC)c2)cc1. The van der Waals surface area contributed by atoms with Crippen molar-refractivity contribution in [2.24, 2.45) is 0 Å². The van der Waals surface area contributed by atoms with Gasteiger partial charge in [0.25, 0.3) is 0 Å². The number of anilines is 2. The van der Waals surface area contributed by atoms with Crippen LogP contribution < -0.4 is 10.6 Å². The van der Waals surface area contributed by atoms with Gasteiger partial charge in [-0.25, -0.2) is 0 Å². The van der Waals surface area contributed by atoms with Crippen molar-refractivity contribution < 1.29 is 0 Å². The molecule has 0 bridgehead atoms. The lowest BCUT2D eigenvalue weighted by atomic mass is 10.0. The van der Waals surface area contributed by atoms with Gasteiger partial charge in [0.1, 0.15) is 0 Å². The summed E-state index contributed by atoms with van der Waals surface area (Å²) in [7, 11) is 3.90. The third kappa shape index (κ3) is 3.27. The highest BCUT2D eigenvalue weighted by atomic mass is 14.8. The maximum absolute atomic E-state index is 3.17. The van der Waals surface area contributed by atoms with Crippen LogP contribution >= 0.6 is 0 Å². The lowest BCUT2D eigenvalue weighted by molar-refractivity contribution is 0.960. The van der Waals surface area contributed by atoms with Crippen molar-refractivity contribution in [1.29, 1.82) is 0 Å². The van der Waals surface area contributed by atoms with E-state index in [1.165, 1.54) is 16.8 Å². The minimum atomic E-state index is 1.08. The van der Waals surface area contributed by atoms with E-state index in [2.05, 4.69) is 59.2 Å². The molecule has 0 amide bonds. The first-order valence-corrected chi connectivity index (χ1v) is 6.35. The van der Waals surface area contributed by atoms with Gasteiger partial charge in [0.2, 0.25) is 0 Å². The Hall–Kier alpha value is -1.96. The lowest BCUT2D eigenvalue weighted by Crippen LogP contribution is -1.94. The summed E-state index contributed by atoms with van der Waals surface area (Å²) in [4.78, 5) is 0. The standard InChI is InChI=1S/C16H20N2/c1-17-15-10-8-13(9-11-15)6-7-14-4-3-5-16(12-14)18-2/h3-5,8-12,17-18H,6-7H2,1-2H3. The molecule has 0 heterocycles. The minimum Gasteiger partial charge on any atom is -0.388 e. The molecule has 0 aromatic heterocycles. The van der Waals surface area contributed by atoms with Gasteiger partial charge in [-0.05, 0) is 48.2 Å². The Morgan fingerprint density at radius 1 is 0.722 bits per heavy atom. The van der Waals surface area contributed by atoms with Crippen LogP contribution in [0.1, 0.15) is 11.1 Å². The Morgan fingerprint density at radius 2 is 1.39 bits per heavy atom. The Kier molecular flexibility index (Phi) is 4.24. The molecule has 0 aliphatic heterocycles. The lowest BCUT2D eigenvalue weighted by Gasteiger charge is -2.06. The number of hydrogen-bond acceptors (Lipinski definition) is 2. The molecule has 2 N–H and O–H groups in total. The molecule has 2 aromatic rings. The van der Waals surface area contributed by atoms with Crippen molar-refractivity contribution in [1.82, 2.24) is 0 Å². The quantitative estimate of drug-likeness (QED) is 0.835. The van der Waals surface area contributed by atoms with Crippen molar-refractivity contribution in [2.75, 3.05) is 24.7 Å². The second-order valence-corrected chi connectivity index (χ2v) is 4.40. The molecule has 2 aromatic carbocycles. The molecule has 0 spiro atoms. The van der Waals surface area contributed by atoms with Crippen LogP contribution in [0.25, 0.3) is 0 Å². The summed E-state index contributed by atoms with van der Waals surface area (Å²) in [5.41, 5.74) is 5.09. The van der Waals surface area contributed by atoms with E-state index in [0.717, 1.165) is 18.5 Å². The van der Waals surface area contributed by atoms with Gasteiger partial charge < -0.3 is 10.6 Å². The van der Waals surface area contributed by atoms with Crippen molar-refractivity contribution >= 4 is 11.4 Å². The van der Waals surface area contributed by atoms with Crippen LogP contribution in [0.3, 0.4) is 0 Å². The molecule has 2 heteroatoms. The van der Waals surface area contributed by atoms with E-state index in [1.54, 1.807) is 0 Å².